The number of hydrogen-bond donors (Lipinski definition) is 0. The molecule has 5 heteroatoms. The van der Waals surface area contributed by atoms with Crippen LogP contribution >= 0.6 is 0 Å². The molecule has 0 aliphatic heterocycles. The van der Waals surface area contributed by atoms with Crippen molar-refractivity contribution < 1.29 is 22.0 Å². The molecule has 0 N–H and O–H groups in total. The summed E-state index contributed by atoms with van der Waals surface area (Å²) in [5.41, 5.74) is 0. The lowest BCUT2D eigenvalue weighted by Gasteiger charge is -2.37. The molecule has 0 unspecified atom stereocenters. The number of alkyl halides is 3. The van der Waals surface area contributed by atoms with Crippen molar-refractivity contribution >= 4 is 0 Å². The summed E-state index contributed by atoms with van der Waals surface area (Å²) < 4.78 is 63.7. The molecule has 0 aromatic heterocycles. The monoisotopic (exact) mass is 366 g/mol. The highest BCUT2D eigenvalue weighted by Crippen LogP contribution is 2.45. The lowest BCUT2D eigenvalue weighted by atomic mass is 9.68. The number of hydrogen-bond acceptors (Lipinski definition) is 0. The Hall–Kier alpha value is -0.610. The molecule has 2 aliphatic carbocycles. The van der Waals surface area contributed by atoms with Crippen LogP contribution in [-0.2, 0) is 0 Å². The van der Waals surface area contributed by atoms with Crippen LogP contribution in [0.5, 0.6) is 0 Å². The van der Waals surface area contributed by atoms with E-state index in [4.69, 9.17) is 0 Å². The third-order valence-corrected chi connectivity index (χ3v) is 6.36. The van der Waals surface area contributed by atoms with Crippen molar-refractivity contribution in [2.24, 2.45) is 23.7 Å². The fourth-order valence-corrected chi connectivity index (χ4v) is 4.79. The average Bonchev–Trinajstić information content (AvgIpc) is 2.61. The highest BCUT2D eigenvalue weighted by molar-refractivity contribution is 5.10. The smallest absolute Gasteiger partial charge is 0.208 e. The summed E-state index contributed by atoms with van der Waals surface area (Å²) in [6, 6.07) is 0. The normalized spacial score (nSPS) is 32.4. The Kier molecular flexibility index (Phi) is 7.75. The Morgan fingerprint density at radius 3 is 1.80 bits per heavy atom. The predicted molar refractivity (Wildman–Crippen MR) is 90.3 cm³/mol. The van der Waals surface area contributed by atoms with Gasteiger partial charge < -0.3 is 0 Å². The van der Waals surface area contributed by atoms with Gasteiger partial charge in [0.05, 0.1) is 0 Å². The molecule has 2 aliphatic rings. The van der Waals surface area contributed by atoms with Gasteiger partial charge in [0, 0.05) is 5.92 Å². The fraction of sp³-hybridized carbons (Fsp3) is 0.900. The molecule has 0 heterocycles. The molecule has 0 amide bonds. The van der Waals surface area contributed by atoms with Crippen LogP contribution in [0.1, 0.15) is 84.0 Å². The Morgan fingerprint density at radius 2 is 1.32 bits per heavy atom. The molecule has 0 aromatic rings. The lowest BCUT2D eigenvalue weighted by molar-refractivity contribution is -0.112. The number of halogens is 5. The third-order valence-electron chi connectivity index (χ3n) is 6.36. The van der Waals surface area contributed by atoms with E-state index >= 15 is 0 Å². The molecule has 146 valence electrons. The summed E-state index contributed by atoms with van der Waals surface area (Å²) in [4.78, 5) is 0. The molecule has 2 saturated carbocycles. The lowest BCUT2D eigenvalue weighted by Crippen LogP contribution is -2.26. The maximum Gasteiger partial charge on any atom is 0.445 e. The Labute approximate surface area is 148 Å². The van der Waals surface area contributed by atoms with Gasteiger partial charge in [0.15, 0.2) is 0 Å². The van der Waals surface area contributed by atoms with E-state index in [1.54, 1.807) is 0 Å². The molecule has 0 aromatic carbocycles. The fourth-order valence-electron chi connectivity index (χ4n) is 4.79. The van der Waals surface area contributed by atoms with E-state index in [2.05, 4.69) is 6.92 Å². The highest BCUT2D eigenvalue weighted by Gasteiger charge is 2.41. The average molecular weight is 366 g/mol. The molecule has 0 nitrogen and oxygen atoms in total. The molecule has 0 radical (unpaired) electrons. The first kappa shape index (κ1) is 20.7. The highest BCUT2D eigenvalue weighted by atomic mass is 19.4. The molecule has 25 heavy (non-hydrogen) atoms. The second kappa shape index (κ2) is 9.36. The first-order valence-corrected chi connectivity index (χ1v) is 9.95. The minimum atomic E-state index is -5.20. The van der Waals surface area contributed by atoms with Crippen LogP contribution in [0.25, 0.3) is 0 Å². The molecule has 0 atom stereocenters. The van der Waals surface area contributed by atoms with Crippen molar-refractivity contribution in [3.05, 3.63) is 11.7 Å². The summed E-state index contributed by atoms with van der Waals surface area (Å²) >= 11 is 0. The number of allylic oxidation sites excluding steroid dienone is 2. The van der Waals surface area contributed by atoms with Gasteiger partial charge in [-0.1, -0.05) is 45.4 Å². The number of rotatable bonds is 6. The third kappa shape index (κ3) is 5.96. The van der Waals surface area contributed by atoms with Crippen LogP contribution in [0.15, 0.2) is 11.7 Å². The Balaban J connectivity index is 1.76. The summed E-state index contributed by atoms with van der Waals surface area (Å²) in [6.07, 6.45) is 7.04. The maximum absolute atomic E-state index is 13.7. The van der Waals surface area contributed by atoms with Crippen LogP contribution in [0.4, 0.5) is 22.0 Å². The molecular weight excluding hydrogens is 335 g/mol. The van der Waals surface area contributed by atoms with Gasteiger partial charge in [-0.05, 0) is 56.3 Å². The zero-order valence-electron chi connectivity index (χ0n) is 15.2. The van der Waals surface area contributed by atoms with Crippen molar-refractivity contribution in [2.75, 3.05) is 0 Å². The van der Waals surface area contributed by atoms with Crippen LogP contribution in [-0.4, -0.2) is 6.18 Å². The quantitative estimate of drug-likeness (QED) is 0.331. The Bertz CT molecular complexity index is 424. The van der Waals surface area contributed by atoms with Crippen LogP contribution < -0.4 is 0 Å². The minimum Gasteiger partial charge on any atom is -0.208 e. The van der Waals surface area contributed by atoms with E-state index in [1.165, 1.54) is 51.4 Å². The summed E-state index contributed by atoms with van der Waals surface area (Å²) in [6.45, 7) is 2.21. The van der Waals surface area contributed by atoms with Gasteiger partial charge in [-0.3, -0.25) is 0 Å². The van der Waals surface area contributed by atoms with Gasteiger partial charge in [0.25, 0.3) is 0 Å². The number of unbranched alkanes of at least 4 members (excludes halogenated alkanes) is 2. The molecule has 0 spiro atoms. The van der Waals surface area contributed by atoms with Crippen molar-refractivity contribution in [3.63, 3.8) is 0 Å². The predicted octanol–water partition coefficient (Wildman–Crippen LogP) is 7.89. The topological polar surface area (TPSA) is 0 Å². The minimum absolute atomic E-state index is 0.344. The van der Waals surface area contributed by atoms with Crippen molar-refractivity contribution in [3.8, 4) is 0 Å². The largest absolute Gasteiger partial charge is 0.445 e. The summed E-state index contributed by atoms with van der Waals surface area (Å²) in [5, 5.41) is 0. The van der Waals surface area contributed by atoms with E-state index < -0.39 is 23.7 Å². The zero-order chi connectivity index (χ0) is 18.4. The van der Waals surface area contributed by atoms with Gasteiger partial charge in [0.2, 0.25) is 5.83 Å². The van der Waals surface area contributed by atoms with E-state index in [9.17, 15) is 22.0 Å². The summed E-state index contributed by atoms with van der Waals surface area (Å²) in [5.74, 6) is -3.05. The van der Waals surface area contributed by atoms with Gasteiger partial charge in [-0.25, -0.2) is 4.39 Å². The van der Waals surface area contributed by atoms with Gasteiger partial charge in [-0.15, -0.1) is 0 Å². The van der Waals surface area contributed by atoms with Crippen molar-refractivity contribution in [1.82, 2.24) is 0 Å². The Morgan fingerprint density at radius 1 is 0.800 bits per heavy atom. The first-order valence-electron chi connectivity index (χ1n) is 9.95. The van der Waals surface area contributed by atoms with Crippen LogP contribution in [0.3, 0.4) is 0 Å². The van der Waals surface area contributed by atoms with Gasteiger partial charge in [0.1, 0.15) is 5.83 Å². The van der Waals surface area contributed by atoms with Gasteiger partial charge >= 0.3 is 6.18 Å². The second-order valence-corrected chi connectivity index (χ2v) is 8.05. The van der Waals surface area contributed by atoms with Crippen LogP contribution in [0, 0.1) is 23.7 Å². The van der Waals surface area contributed by atoms with E-state index in [1.807, 2.05) is 0 Å². The molecule has 2 rings (SSSR count). The second-order valence-electron chi connectivity index (χ2n) is 8.05. The first-order chi connectivity index (χ1) is 11.8. The molecular formula is C20H31F5. The van der Waals surface area contributed by atoms with Crippen LogP contribution in [0.2, 0.25) is 0 Å². The van der Waals surface area contributed by atoms with Gasteiger partial charge in [-0.2, -0.15) is 17.6 Å². The van der Waals surface area contributed by atoms with Crippen molar-refractivity contribution in [1.29, 1.82) is 0 Å². The molecule has 2 fully saturated rings. The standard InChI is InChI=1S/C20H31F5/c1-2-3-4-5-14-6-8-15(9-7-14)16-10-12-17(13-11-16)18(21)19(22)20(23,24)25/h14-17H,2-13H2,1H3/b19-18-. The van der Waals surface area contributed by atoms with E-state index in [-0.39, 0.29) is 0 Å². The maximum atomic E-state index is 13.7. The molecule has 0 saturated heterocycles. The van der Waals surface area contributed by atoms with E-state index in [0.717, 1.165) is 18.8 Å². The SMILES string of the molecule is CCCCCC1CCC(C2CCC(/C(F)=C(/F)C(F)(F)F)CC2)CC1. The zero-order valence-corrected chi connectivity index (χ0v) is 15.2. The van der Waals surface area contributed by atoms with Crippen molar-refractivity contribution in [2.45, 2.75) is 90.1 Å². The molecule has 0 bridgehead atoms. The van der Waals surface area contributed by atoms with E-state index in [0.29, 0.717) is 24.7 Å². The summed E-state index contributed by atoms with van der Waals surface area (Å²) in [7, 11) is 0.